The zero-order valence-electron chi connectivity index (χ0n) is 16.5. The Balaban J connectivity index is 1.58. The highest BCUT2D eigenvalue weighted by Crippen LogP contribution is 2.29. The van der Waals surface area contributed by atoms with E-state index in [4.69, 9.17) is 0 Å². The Hall–Kier alpha value is -4.05. The Morgan fingerprint density at radius 2 is 1.60 bits per heavy atom. The molecule has 0 saturated heterocycles. The Labute approximate surface area is 175 Å². The third-order valence-corrected chi connectivity index (χ3v) is 5.05. The van der Waals surface area contributed by atoms with E-state index in [0.29, 0.717) is 0 Å². The van der Waals surface area contributed by atoms with Crippen molar-refractivity contribution in [2.45, 2.75) is 6.54 Å². The second-order valence-electron chi connectivity index (χ2n) is 7.18. The molecular weight excluding hydrogens is 368 g/mol. The van der Waals surface area contributed by atoms with Gasteiger partial charge in [0.2, 0.25) is 0 Å². The van der Waals surface area contributed by atoms with Crippen molar-refractivity contribution in [3.63, 3.8) is 0 Å². The van der Waals surface area contributed by atoms with Crippen LogP contribution in [0.15, 0.2) is 116 Å². The zero-order valence-corrected chi connectivity index (χ0v) is 16.5. The van der Waals surface area contributed by atoms with E-state index in [0.717, 1.165) is 29.1 Å². The van der Waals surface area contributed by atoms with Crippen molar-refractivity contribution in [3.8, 4) is 28.1 Å². The largest absolute Gasteiger partial charge is 0.256 e. The van der Waals surface area contributed by atoms with Crippen molar-refractivity contribution in [2.75, 3.05) is 0 Å². The zero-order chi connectivity index (χ0) is 20.2. The predicted molar refractivity (Wildman–Crippen MR) is 118 cm³/mol. The van der Waals surface area contributed by atoms with Crippen molar-refractivity contribution in [3.05, 3.63) is 121 Å². The first-order valence-corrected chi connectivity index (χ1v) is 9.95. The number of hydrogen-bond donors (Lipinski definition) is 0. The fraction of sp³-hybridized carbons (Fsp3) is 0.0385. The summed E-state index contributed by atoms with van der Waals surface area (Å²) in [5.41, 5.74) is 6.61. The molecule has 4 heteroatoms. The van der Waals surface area contributed by atoms with Crippen molar-refractivity contribution < 1.29 is 4.57 Å². The molecule has 2 aromatic carbocycles. The lowest BCUT2D eigenvalue weighted by atomic mass is 9.98. The van der Waals surface area contributed by atoms with Crippen LogP contribution in [0.25, 0.3) is 28.1 Å². The maximum absolute atomic E-state index is 4.55. The summed E-state index contributed by atoms with van der Waals surface area (Å²) in [5, 5.41) is 4.42. The first kappa shape index (κ1) is 18.0. The lowest BCUT2D eigenvalue weighted by molar-refractivity contribution is -0.688. The van der Waals surface area contributed by atoms with E-state index in [1.165, 1.54) is 11.1 Å². The second kappa shape index (κ2) is 8.13. The summed E-state index contributed by atoms with van der Waals surface area (Å²) in [4.78, 5) is 4.55. The van der Waals surface area contributed by atoms with Gasteiger partial charge in [0.25, 0.3) is 0 Å². The van der Waals surface area contributed by atoms with E-state index in [-0.39, 0.29) is 0 Å². The van der Waals surface area contributed by atoms with Crippen molar-refractivity contribution >= 4 is 0 Å². The highest BCUT2D eigenvalue weighted by molar-refractivity contribution is 5.75. The Morgan fingerprint density at radius 3 is 2.40 bits per heavy atom. The monoisotopic (exact) mass is 389 g/mol. The molecule has 4 nitrogen and oxygen atoms in total. The first-order valence-electron chi connectivity index (χ1n) is 9.95. The number of aromatic nitrogens is 4. The molecular formula is C26H21N4+. The quantitative estimate of drug-likeness (QED) is 0.399. The highest BCUT2D eigenvalue weighted by atomic mass is 15.3. The molecule has 3 aromatic heterocycles. The predicted octanol–water partition coefficient (Wildman–Crippen LogP) is 4.94. The van der Waals surface area contributed by atoms with Crippen LogP contribution in [0.2, 0.25) is 0 Å². The van der Waals surface area contributed by atoms with Gasteiger partial charge in [0, 0.05) is 41.9 Å². The molecule has 30 heavy (non-hydrogen) atoms. The molecule has 0 N–H and O–H groups in total. The molecule has 0 radical (unpaired) electrons. The average Bonchev–Trinajstić information content (AvgIpc) is 3.35. The Kier molecular flexibility index (Phi) is 4.88. The van der Waals surface area contributed by atoms with Crippen LogP contribution in [0.4, 0.5) is 0 Å². The maximum Gasteiger partial charge on any atom is 0.173 e. The Bertz CT molecular complexity index is 1250. The van der Waals surface area contributed by atoms with Crippen LogP contribution in [0.5, 0.6) is 0 Å². The van der Waals surface area contributed by atoms with E-state index in [1.54, 1.807) is 6.20 Å². The van der Waals surface area contributed by atoms with Gasteiger partial charge in [0.1, 0.15) is 0 Å². The van der Waals surface area contributed by atoms with Gasteiger partial charge in [-0.1, -0.05) is 30.3 Å². The molecule has 5 aromatic rings. The van der Waals surface area contributed by atoms with E-state index in [2.05, 4.69) is 81.6 Å². The summed E-state index contributed by atoms with van der Waals surface area (Å²) in [7, 11) is 0. The van der Waals surface area contributed by atoms with Crippen LogP contribution in [-0.4, -0.2) is 14.8 Å². The van der Waals surface area contributed by atoms with Crippen LogP contribution in [-0.2, 0) is 6.54 Å². The molecule has 0 aliphatic carbocycles. The Morgan fingerprint density at radius 1 is 0.700 bits per heavy atom. The van der Waals surface area contributed by atoms with E-state index < -0.39 is 0 Å². The summed E-state index contributed by atoms with van der Waals surface area (Å²) < 4.78 is 4.07. The molecule has 0 aliphatic heterocycles. The topological polar surface area (TPSA) is 34.6 Å². The number of hydrogen-bond acceptors (Lipinski definition) is 2. The van der Waals surface area contributed by atoms with Gasteiger partial charge in [-0.05, 0) is 53.6 Å². The van der Waals surface area contributed by atoms with Gasteiger partial charge in [-0.25, -0.2) is 9.25 Å². The summed E-state index contributed by atoms with van der Waals surface area (Å²) >= 11 is 0. The average molecular weight is 389 g/mol. The number of benzene rings is 2. The van der Waals surface area contributed by atoms with Gasteiger partial charge in [-0.3, -0.25) is 4.98 Å². The molecule has 0 amide bonds. The van der Waals surface area contributed by atoms with Gasteiger partial charge in [-0.2, -0.15) is 5.10 Å². The molecule has 0 unspecified atom stereocenters. The van der Waals surface area contributed by atoms with E-state index in [9.17, 15) is 0 Å². The third-order valence-electron chi connectivity index (χ3n) is 5.05. The SMILES string of the molecule is c1cc[n+](Cc2cccc(-c3cc(-c4ccccn4)cc(-n4cccn4)c3)c2)cc1. The molecule has 3 heterocycles. The van der Waals surface area contributed by atoms with Crippen LogP contribution in [0.3, 0.4) is 0 Å². The maximum atomic E-state index is 4.55. The summed E-state index contributed by atoms with van der Waals surface area (Å²) in [6.07, 6.45) is 9.76. The van der Waals surface area contributed by atoms with Gasteiger partial charge in [0.15, 0.2) is 18.9 Å². The number of nitrogens with zero attached hydrogens (tertiary/aromatic N) is 4. The summed E-state index contributed by atoms with van der Waals surface area (Å²) in [6.45, 7) is 0.834. The lowest BCUT2D eigenvalue weighted by Gasteiger charge is -2.11. The standard InChI is InChI=1S/C26H21N4/c1-4-13-29(14-5-1)20-21-8-6-9-22(16-21)23-17-24(26-10-2-3-11-27-26)19-25(18-23)30-15-7-12-28-30/h1-19H,20H2/q+1. The molecule has 144 valence electrons. The van der Waals surface area contributed by atoms with E-state index >= 15 is 0 Å². The normalized spacial score (nSPS) is 10.8. The molecule has 0 fully saturated rings. The third kappa shape index (κ3) is 3.89. The van der Waals surface area contributed by atoms with Crippen molar-refractivity contribution in [1.29, 1.82) is 0 Å². The second-order valence-corrected chi connectivity index (χ2v) is 7.18. The molecule has 0 spiro atoms. The smallest absolute Gasteiger partial charge is 0.173 e. The van der Waals surface area contributed by atoms with Crippen LogP contribution >= 0.6 is 0 Å². The summed E-state index contributed by atoms with van der Waals surface area (Å²) in [6, 6.07) is 29.3. The molecule has 0 saturated carbocycles. The minimum atomic E-state index is 0.834. The van der Waals surface area contributed by atoms with Gasteiger partial charge >= 0.3 is 0 Å². The van der Waals surface area contributed by atoms with Crippen molar-refractivity contribution in [2.24, 2.45) is 0 Å². The van der Waals surface area contributed by atoms with Gasteiger partial charge < -0.3 is 0 Å². The van der Waals surface area contributed by atoms with Crippen LogP contribution in [0, 0.1) is 0 Å². The molecule has 0 aliphatic rings. The van der Waals surface area contributed by atoms with Gasteiger partial charge in [-0.15, -0.1) is 0 Å². The fourth-order valence-electron chi connectivity index (χ4n) is 3.61. The van der Waals surface area contributed by atoms with Gasteiger partial charge in [0.05, 0.1) is 11.4 Å². The minimum Gasteiger partial charge on any atom is -0.256 e. The lowest BCUT2D eigenvalue weighted by Crippen LogP contribution is -2.32. The number of rotatable bonds is 5. The minimum absolute atomic E-state index is 0.834. The van der Waals surface area contributed by atoms with Crippen LogP contribution in [0.1, 0.15) is 5.56 Å². The number of pyridine rings is 2. The van der Waals surface area contributed by atoms with E-state index in [1.807, 2.05) is 47.4 Å². The molecule has 0 bridgehead atoms. The van der Waals surface area contributed by atoms with Crippen LogP contribution < -0.4 is 4.57 Å². The highest BCUT2D eigenvalue weighted by Gasteiger charge is 2.09. The van der Waals surface area contributed by atoms with Crippen molar-refractivity contribution in [1.82, 2.24) is 14.8 Å². The first-order chi connectivity index (χ1) is 14.8. The molecule has 5 rings (SSSR count). The fourth-order valence-corrected chi connectivity index (χ4v) is 3.61. The summed E-state index contributed by atoms with van der Waals surface area (Å²) in [5.74, 6) is 0. The molecule has 0 atom stereocenters.